The van der Waals surface area contributed by atoms with Crippen molar-refractivity contribution in [2.24, 2.45) is 0 Å². The predicted octanol–water partition coefficient (Wildman–Crippen LogP) is 4.72. The average molecular weight is 352 g/mol. The fourth-order valence-corrected chi connectivity index (χ4v) is 2.74. The highest BCUT2D eigenvalue weighted by atomic mass is 35.5. The molecule has 1 aliphatic rings. The third-order valence-electron chi connectivity index (χ3n) is 3.58. The monoisotopic (exact) mass is 351 g/mol. The van der Waals surface area contributed by atoms with E-state index in [2.05, 4.69) is 5.32 Å². The average Bonchev–Trinajstić information content (AvgIpc) is 2.77. The van der Waals surface area contributed by atoms with E-state index in [1.807, 2.05) is 6.92 Å². The summed E-state index contributed by atoms with van der Waals surface area (Å²) in [7, 11) is 0. The highest BCUT2D eigenvalue weighted by Gasteiger charge is 2.19. The Morgan fingerprint density at radius 1 is 1.13 bits per heavy atom. The first-order valence-electron chi connectivity index (χ1n) is 7.22. The molecule has 0 saturated carbocycles. The summed E-state index contributed by atoms with van der Waals surface area (Å²) >= 11 is 12.3. The first-order chi connectivity index (χ1) is 11.1. The Hall–Kier alpha value is -1.91. The molecular weight excluding hydrogens is 337 g/mol. The maximum atomic E-state index is 12.5. The fourth-order valence-electron chi connectivity index (χ4n) is 2.30. The number of rotatable bonds is 2. The third-order valence-corrected chi connectivity index (χ3v) is 4.27. The molecule has 0 aromatic heterocycles. The van der Waals surface area contributed by atoms with Crippen LogP contribution in [0.2, 0.25) is 10.0 Å². The number of anilines is 1. The quantitative estimate of drug-likeness (QED) is 0.851. The molecule has 4 nitrogen and oxygen atoms in total. The second-order valence-electron chi connectivity index (χ2n) is 5.20. The number of amides is 1. The Kier molecular flexibility index (Phi) is 4.64. The van der Waals surface area contributed by atoms with Crippen LogP contribution in [-0.2, 0) is 0 Å². The van der Waals surface area contributed by atoms with Gasteiger partial charge < -0.3 is 14.8 Å². The van der Waals surface area contributed by atoms with Crippen LogP contribution in [0.1, 0.15) is 22.3 Å². The number of hydrogen-bond acceptors (Lipinski definition) is 3. The largest absolute Gasteiger partial charge is 0.489 e. The minimum absolute atomic E-state index is 0.284. The van der Waals surface area contributed by atoms with E-state index >= 15 is 0 Å². The summed E-state index contributed by atoms with van der Waals surface area (Å²) in [6.45, 7) is 2.92. The Bertz CT molecular complexity index is 762. The van der Waals surface area contributed by atoms with Crippen molar-refractivity contribution in [3.63, 3.8) is 0 Å². The van der Waals surface area contributed by atoms with Crippen LogP contribution in [0.3, 0.4) is 0 Å². The molecule has 120 valence electrons. The molecule has 1 aliphatic heterocycles. The van der Waals surface area contributed by atoms with Gasteiger partial charge in [0, 0.05) is 22.7 Å². The normalized spacial score (nSPS) is 13.3. The standard InChI is InChI=1S/C17H15Cl2NO3/c1-10-12(18)4-2-5-14(10)20-17(21)11-8-13(19)16-15(9-11)22-6-3-7-23-16/h2,4-5,8-9H,3,6-7H2,1H3,(H,20,21). The number of fused-ring (bicyclic) bond motifs is 1. The van der Waals surface area contributed by atoms with Gasteiger partial charge in [-0.3, -0.25) is 4.79 Å². The lowest BCUT2D eigenvalue weighted by molar-refractivity contribution is 0.102. The van der Waals surface area contributed by atoms with E-state index < -0.39 is 0 Å². The Morgan fingerprint density at radius 3 is 2.74 bits per heavy atom. The summed E-state index contributed by atoms with van der Waals surface area (Å²) in [5.74, 6) is 0.690. The molecule has 0 spiro atoms. The Labute approximate surface area is 144 Å². The lowest BCUT2D eigenvalue weighted by Crippen LogP contribution is -2.13. The third kappa shape index (κ3) is 3.38. The summed E-state index contributed by atoms with van der Waals surface area (Å²) in [5, 5.41) is 3.79. The lowest BCUT2D eigenvalue weighted by atomic mass is 10.1. The van der Waals surface area contributed by atoms with E-state index in [9.17, 15) is 4.79 Å². The second-order valence-corrected chi connectivity index (χ2v) is 6.02. The maximum Gasteiger partial charge on any atom is 0.255 e. The molecule has 0 atom stereocenters. The van der Waals surface area contributed by atoms with E-state index in [4.69, 9.17) is 32.7 Å². The van der Waals surface area contributed by atoms with Crippen LogP contribution in [0.5, 0.6) is 11.5 Å². The molecule has 2 aromatic carbocycles. The van der Waals surface area contributed by atoms with Crippen LogP contribution in [0.25, 0.3) is 0 Å². The fraction of sp³-hybridized carbons (Fsp3) is 0.235. The molecule has 6 heteroatoms. The van der Waals surface area contributed by atoms with Crippen LogP contribution < -0.4 is 14.8 Å². The van der Waals surface area contributed by atoms with Gasteiger partial charge in [0.2, 0.25) is 0 Å². The zero-order valence-corrected chi connectivity index (χ0v) is 14.0. The smallest absolute Gasteiger partial charge is 0.255 e. The molecule has 0 aliphatic carbocycles. The van der Waals surface area contributed by atoms with Gasteiger partial charge in [-0.25, -0.2) is 0 Å². The summed E-state index contributed by atoms with van der Waals surface area (Å²) in [6, 6.07) is 8.57. The second kappa shape index (κ2) is 6.69. The van der Waals surface area contributed by atoms with E-state index in [-0.39, 0.29) is 5.91 Å². The SMILES string of the molecule is Cc1c(Cl)cccc1NC(=O)c1cc(Cl)c2c(c1)OCCCO2. The number of carbonyl (C=O) groups excluding carboxylic acids is 1. The number of hydrogen-bond donors (Lipinski definition) is 1. The van der Waals surface area contributed by atoms with E-state index in [0.717, 1.165) is 12.0 Å². The number of halogens is 2. The van der Waals surface area contributed by atoms with Gasteiger partial charge >= 0.3 is 0 Å². The van der Waals surface area contributed by atoms with Crippen molar-refractivity contribution in [1.29, 1.82) is 0 Å². The van der Waals surface area contributed by atoms with Crippen molar-refractivity contribution in [3.05, 3.63) is 51.5 Å². The summed E-state index contributed by atoms with van der Waals surface area (Å²) in [6.07, 6.45) is 0.772. The number of nitrogens with one attached hydrogen (secondary N) is 1. The van der Waals surface area contributed by atoms with Crippen molar-refractivity contribution in [2.45, 2.75) is 13.3 Å². The first kappa shape index (κ1) is 16.0. The summed E-state index contributed by atoms with van der Waals surface area (Å²) in [4.78, 5) is 12.5. The van der Waals surface area contributed by atoms with Gasteiger partial charge in [-0.05, 0) is 36.8 Å². The lowest BCUT2D eigenvalue weighted by Gasteiger charge is -2.13. The van der Waals surface area contributed by atoms with Gasteiger partial charge in [0.1, 0.15) is 0 Å². The van der Waals surface area contributed by atoms with Gasteiger partial charge in [0.25, 0.3) is 5.91 Å². The molecule has 0 fully saturated rings. The van der Waals surface area contributed by atoms with Crippen LogP contribution in [0.15, 0.2) is 30.3 Å². The van der Waals surface area contributed by atoms with E-state index in [1.165, 1.54) is 0 Å². The molecule has 2 aromatic rings. The number of ether oxygens (including phenoxy) is 2. The molecule has 3 rings (SSSR count). The summed E-state index contributed by atoms with van der Waals surface area (Å²) < 4.78 is 11.2. The predicted molar refractivity (Wildman–Crippen MR) is 91.2 cm³/mol. The molecule has 23 heavy (non-hydrogen) atoms. The zero-order valence-electron chi connectivity index (χ0n) is 12.5. The van der Waals surface area contributed by atoms with Gasteiger partial charge in [-0.15, -0.1) is 0 Å². The van der Waals surface area contributed by atoms with E-state index in [0.29, 0.717) is 46.0 Å². The molecule has 1 N–H and O–H groups in total. The van der Waals surface area contributed by atoms with Crippen molar-refractivity contribution >= 4 is 34.8 Å². The molecule has 1 amide bonds. The molecular formula is C17H15Cl2NO3. The van der Waals surface area contributed by atoms with Crippen molar-refractivity contribution in [3.8, 4) is 11.5 Å². The summed E-state index contributed by atoms with van der Waals surface area (Å²) in [5.41, 5.74) is 1.87. The Balaban J connectivity index is 1.89. The zero-order chi connectivity index (χ0) is 16.4. The van der Waals surface area contributed by atoms with Crippen molar-refractivity contribution in [2.75, 3.05) is 18.5 Å². The Morgan fingerprint density at radius 2 is 1.91 bits per heavy atom. The molecule has 0 unspecified atom stereocenters. The van der Waals surface area contributed by atoms with E-state index in [1.54, 1.807) is 30.3 Å². The first-order valence-corrected chi connectivity index (χ1v) is 7.97. The topological polar surface area (TPSA) is 47.6 Å². The minimum atomic E-state index is -0.284. The van der Waals surface area contributed by atoms with Crippen LogP contribution in [-0.4, -0.2) is 19.1 Å². The number of benzene rings is 2. The van der Waals surface area contributed by atoms with Crippen LogP contribution in [0, 0.1) is 6.92 Å². The minimum Gasteiger partial charge on any atom is -0.489 e. The van der Waals surface area contributed by atoms with Crippen molar-refractivity contribution in [1.82, 2.24) is 0 Å². The highest BCUT2D eigenvalue weighted by Crippen LogP contribution is 2.38. The molecule has 0 radical (unpaired) electrons. The van der Waals surface area contributed by atoms with Crippen molar-refractivity contribution < 1.29 is 14.3 Å². The molecule has 0 bridgehead atoms. The van der Waals surface area contributed by atoms with Crippen LogP contribution in [0.4, 0.5) is 5.69 Å². The van der Waals surface area contributed by atoms with Crippen LogP contribution >= 0.6 is 23.2 Å². The van der Waals surface area contributed by atoms with Gasteiger partial charge in [-0.2, -0.15) is 0 Å². The van der Waals surface area contributed by atoms with Gasteiger partial charge in [-0.1, -0.05) is 29.3 Å². The highest BCUT2D eigenvalue weighted by molar-refractivity contribution is 6.33. The van der Waals surface area contributed by atoms with Gasteiger partial charge in [0.15, 0.2) is 11.5 Å². The van der Waals surface area contributed by atoms with Gasteiger partial charge in [0.05, 0.1) is 18.2 Å². The maximum absolute atomic E-state index is 12.5. The molecule has 1 heterocycles. The number of carbonyl (C=O) groups is 1. The molecule has 0 saturated heterocycles.